The van der Waals surface area contributed by atoms with Crippen LogP contribution in [0.4, 0.5) is 0 Å². The van der Waals surface area contributed by atoms with E-state index >= 15 is 0 Å². The SMILES string of the molecule is CCOc1cc(C)nc(-c2ccccc2)n1. The highest BCUT2D eigenvalue weighted by Crippen LogP contribution is 2.18. The number of hydrogen-bond donors (Lipinski definition) is 0. The number of hydrogen-bond acceptors (Lipinski definition) is 3. The summed E-state index contributed by atoms with van der Waals surface area (Å²) in [5.41, 5.74) is 1.92. The molecule has 0 aliphatic heterocycles. The van der Waals surface area contributed by atoms with Gasteiger partial charge in [0.05, 0.1) is 6.61 Å². The van der Waals surface area contributed by atoms with Crippen molar-refractivity contribution in [1.82, 2.24) is 9.97 Å². The van der Waals surface area contributed by atoms with Crippen molar-refractivity contribution in [2.45, 2.75) is 13.8 Å². The van der Waals surface area contributed by atoms with E-state index in [-0.39, 0.29) is 0 Å². The van der Waals surface area contributed by atoms with Gasteiger partial charge in [-0.15, -0.1) is 0 Å². The fourth-order valence-electron chi connectivity index (χ4n) is 1.48. The lowest BCUT2D eigenvalue weighted by atomic mass is 10.2. The number of rotatable bonds is 3. The Balaban J connectivity index is 2.41. The molecule has 3 heteroatoms. The Hall–Kier alpha value is -1.90. The van der Waals surface area contributed by atoms with Crippen molar-refractivity contribution in [3.8, 4) is 17.3 Å². The van der Waals surface area contributed by atoms with E-state index in [0.29, 0.717) is 18.3 Å². The van der Waals surface area contributed by atoms with E-state index in [1.807, 2.05) is 50.2 Å². The molecule has 1 aromatic heterocycles. The van der Waals surface area contributed by atoms with E-state index < -0.39 is 0 Å². The maximum atomic E-state index is 5.40. The number of ether oxygens (including phenoxy) is 1. The monoisotopic (exact) mass is 214 g/mol. The maximum Gasteiger partial charge on any atom is 0.217 e. The molecule has 0 N–H and O–H groups in total. The fraction of sp³-hybridized carbons (Fsp3) is 0.231. The smallest absolute Gasteiger partial charge is 0.217 e. The van der Waals surface area contributed by atoms with Gasteiger partial charge in [-0.2, -0.15) is 4.98 Å². The molecule has 1 aromatic carbocycles. The zero-order chi connectivity index (χ0) is 11.4. The minimum absolute atomic E-state index is 0.616. The van der Waals surface area contributed by atoms with Crippen LogP contribution < -0.4 is 4.74 Å². The lowest BCUT2D eigenvalue weighted by molar-refractivity contribution is 0.326. The van der Waals surface area contributed by atoms with Crippen LogP contribution >= 0.6 is 0 Å². The van der Waals surface area contributed by atoms with Crippen LogP contribution in [0.1, 0.15) is 12.6 Å². The number of nitrogens with zero attached hydrogens (tertiary/aromatic N) is 2. The molecule has 0 amide bonds. The summed E-state index contributed by atoms with van der Waals surface area (Å²) in [6.45, 7) is 4.50. The van der Waals surface area contributed by atoms with Crippen molar-refractivity contribution in [3.63, 3.8) is 0 Å². The second-order valence-electron chi connectivity index (χ2n) is 3.47. The second-order valence-corrected chi connectivity index (χ2v) is 3.47. The highest BCUT2D eigenvalue weighted by molar-refractivity contribution is 5.55. The molecule has 2 rings (SSSR count). The Kier molecular flexibility index (Phi) is 3.15. The third kappa shape index (κ3) is 2.37. The van der Waals surface area contributed by atoms with E-state index in [2.05, 4.69) is 9.97 Å². The summed E-state index contributed by atoms with van der Waals surface area (Å²) in [6.07, 6.45) is 0. The Labute approximate surface area is 95.1 Å². The van der Waals surface area contributed by atoms with Gasteiger partial charge in [0.25, 0.3) is 0 Å². The van der Waals surface area contributed by atoms with Gasteiger partial charge >= 0.3 is 0 Å². The Bertz CT molecular complexity index is 469. The third-order valence-electron chi connectivity index (χ3n) is 2.15. The van der Waals surface area contributed by atoms with Crippen molar-refractivity contribution in [2.24, 2.45) is 0 Å². The average molecular weight is 214 g/mol. The molecule has 0 fully saturated rings. The summed E-state index contributed by atoms with van der Waals surface area (Å²) in [5.74, 6) is 1.35. The molecule has 0 aliphatic carbocycles. The van der Waals surface area contributed by atoms with E-state index in [0.717, 1.165) is 11.3 Å². The summed E-state index contributed by atoms with van der Waals surface area (Å²) in [5, 5.41) is 0. The second kappa shape index (κ2) is 4.75. The van der Waals surface area contributed by atoms with Gasteiger partial charge in [0.2, 0.25) is 5.88 Å². The zero-order valence-corrected chi connectivity index (χ0v) is 9.47. The van der Waals surface area contributed by atoms with Crippen molar-refractivity contribution in [2.75, 3.05) is 6.61 Å². The van der Waals surface area contributed by atoms with Crippen molar-refractivity contribution in [1.29, 1.82) is 0 Å². The molecular weight excluding hydrogens is 200 g/mol. The first kappa shape index (κ1) is 10.6. The molecule has 2 aromatic rings. The van der Waals surface area contributed by atoms with Crippen LogP contribution in [0.2, 0.25) is 0 Å². The summed E-state index contributed by atoms with van der Waals surface area (Å²) < 4.78 is 5.40. The molecule has 0 atom stereocenters. The van der Waals surface area contributed by atoms with Crippen LogP contribution in [-0.2, 0) is 0 Å². The normalized spacial score (nSPS) is 10.1. The third-order valence-corrected chi connectivity index (χ3v) is 2.15. The van der Waals surface area contributed by atoms with Crippen LogP contribution in [0.25, 0.3) is 11.4 Å². The molecule has 0 aliphatic rings. The standard InChI is InChI=1S/C13H14N2O/c1-3-16-12-9-10(2)14-13(15-12)11-7-5-4-6-8-11/h4-9H,3H2,1-2H3. The minimum Gasteiger partial charge on any atom is -0.478 e. The molecule has 16 heavy (non-hydrogen) atoms. The zero-order valence-electron chi connectivity index (χ0n) is 9.47. The molecule has 0 saturated carbocycles. The molecule has 0 unspecified atom stereocenters. The van der Waals surface area contributed by atoms with E-state index in [1.54, 1.807) is 0 Å². The molecule has 1 heterocycles. The van der Waals surface area contributed by atoms with Gasteiger partial charge in [0, 0.05) is 17.3 Å². The Morgan fingerprint density at radius 2 is 1.88 bits per heavy atom. The van der Waals surface area contributed by atoms with Crippen LogP contribution in [0.15, 0.2) is 36.4 Å². The molecule has 0 spiro atoms. The summed E-state index contributed by atoms with van der Waals surface area (Å²) in [7, 11) is 0. The molecule has 0 radical (unpaired) electrons. The van der Waals surface area contributed by atoms with Gasteiger partial charge in [-0.1, -0.05) is 30.3 Å². The van der Waals surface area contributed by atoms with Crippen molar-refractivity contribution >= 4 is 0 Å². The predicted molar refractivity (Wildman–Crippen MR) is 63.4 cm³/mol. The summed E-state index contributed by atoms with van der Waals surface area (Å²) >= 11 is 0. The summed E-state index contributed by atoms with van der Waals surface area (Å²) in [6, 6.07) is 11.7. The topological polar surface area (TPSA) is 35.0 Å². The number of aromatic nitrogens is 2. The molecule has 3 nitrogen and oxygen atoms in total. The largest absolute Gasteiger partial charge is 0.478 e. The van der Waals surface area contributed by atoms with Crippen LogP contribution in [-0.4, -0.2) is 16.6 Å². The lowest BCUT2D eigenvalue weighted by Gasteiger charge is -2.06. The maximum absolute atomic E-state index is 5.40. The Morgan fingerprint density at radius 1 is 1.12 bits per heavy atom. The van der Waals surface area contributed by atoms with Crippen molar-refractivity contribution < 1.29 is 4.74 Å². The van der Waals surface area contributed by atoms with Gasteiger partial charge < -0.3 is 4.74 Å². The summed E-state index contributed by atoms with van der Waals surface area (Å²) in [4.78, 5) is 8.76. The van der Waals surface area contributed by atoms with Gasteiger partial charge in [-0.25, -0.2) is 4.98 Å². The number of benzene rings is 1. The van der Waals surface area contributed by atoms with Gasteiger partial charge in [-0.3, -0.25) is 0 Å². The van der Waals surface area contributed by atoms with Crippen LogP contribution in [0.3, 0.4) is 0 Å². The molecular formula is C13H14N2O. The Morgan fingerprint density at radius 3 is 2.56 bits per heavy atom. The van der Waals surface area contributed by atoms with Gasteiger partial charge in [0.15, 0.2) is 5.82 Å². The van der Waals surface area contributed by atoms with Crippen LogP contribution in [0, 0.1) is 6.92 Å². The molecule has 0 saturated heterocycles. The van der Waals surface area contributed by atoms with Crippen LogP contribution in [0.5, 0.6) is 5.88 Å². The number of aryl methyl sites for hydroxylation is 1. The minimum atomic E-state index is 0.616. The fourth-order valence-corrected chi connectivity index (χ4v) is 1.48. The first-order valence-corrected chi connectivity index (χ1v) is 5.33. The van der Waals surface area contributed by atoms with Crippen molar-refractivity contribution in [3.05, 3.63) is 42.1 Å². The van der Waals surface area contributed by atoms with Gasteiger partial charge in [0.1, 0.15) is 0 Å². The van der Waals surface area contributed by atoms with E-state index in [9.17, 15) is 0 Å². The molecule has 82 valence electrons. The molecule has 0 bridgehead atoms. The first-order chi connectivity index (χ1) is 7.79. The van der Waals surface area contributed by atoms with E-state index in [4.69, 9.17) is 4.74 Å². The first-order valence-electron chi connectivity index (χ1n) is 5.33. The highest BCUT2D eigenvalue weighted by Gasteiger charge is 2.04. The lowest BCUT2D eigenvalue weighted by Crippen LogP contribution is -1.99. The van der Waals surface area contributed by atoms with E-state index in [1.165, 1.54) is 0 Å². The highest BCUT2D eigenvalue weighted by atomic mass is 16.5. The quantitative estimate of drug-likeness (QED) is 0.788. The predicted octanol–water partition coefficient (Wildman–Crippen LogP) is 2.85. The average Bonchev–Trinajstić information content (AvgIpc) is 2.30. The van der Waals surface area contributed by atoms with Gasteiger partial charge in [-0.05, 0) is 13.8 Å².